The first-order valence-corrected chi connectivity index (χ1v) is 12.2. The van der Waals surface area contributed by atoms with Crippen molar-refractivity contribution in [2.24, 2.45) is 5.92 Å². The molecular weight excluding hydrogens is 444 g/mol. The highest BCUT2D eigenvalue weighted by Gasteiger charge is 2.49. The van der Waals surface area contributed by atoms with E-state index in [4.69, 9.17) is 9.47 Å². The number of Topliss-reactive ketones (excluding diaryl/α,β-unsaturated/α-hetero) is 2. The zero-order valence-electron chi connectivity index (χ0n) is 20.5. The molecule has 5 atom stereocenters. The summed E-state index contributed by atoms with van der Waals surface area (Å²) < 4.78 is 12.3. The predicted molar refractivity (Wildman–Crippen MR) is 133 cm³/mol. The molecule has 1 aliphatic carbocycles. The van der Waals surface area contributed by atoms with Crippen LogP contribution < -0.4 is 9.47 Å². The Labute approximate surface area is 206 Å². The summed E-state index contributed by atoms with van der Waals surface area (Å²) in [5.74, 6) is 1.03. The summed E-state index contributed by atoms with van der Waals surface area (Å²) in [7, 11) is 0. The van der Waals surface area contributed by atoms with Gasteiger partial charge in [0.2, 0.25) is 0 Å². The van der Waals surface area contributed by atoms with E-state index in [2.05, 4.69) is 0 Å². The van der Waals surface area contributed by atoms with Gasteiger partial charge in [0.05, 0.1) is 12.5 Å². The average molecular weight is 479 g/mol. The summed E-state index contributed by atoms with van der Waals surface area (Å²) >= 11 is 0. The van der Waals surface area contributed by atoms with Crippen molar-refractivity contribution in [3.8, 4) is 11.5 Å². The van der Waals surface area contributed by atoms with Crippen molar-refractivity contribution in [3.63, 3.8) is 0 Å². The van der Waals surface area contributed by atoms with Crippen LogP contribution in [0.3, 0.4) is 0 Å². The Morgan fingerprint density at radius 1 is 1.17 bits per heavy atom. The third-order valence-corrected chi connectivity index (χ3v) is 6.96. The smallest absolute Gasteiger partial charge is 0.140 e. The van der Waals surface area contributed by atoms with Crippen molar-refractivity contribution in [1.82, 2.24) is 0 Å². The highest BCUT2D eigenvalue weighted by atomic mass is 16.5. The zero-order chi connectivity index (χ0) is 25.2. The number of ketones is 2. The number of fused-ring (bicyclic) bond motifs is 3. The second-order valence-corrected chi connectivity index (χ2v) is 10.2. The maximum atomic E-state index is 12.0. The van der Waals surface area contributed by atoms with Gasteiger partial charge in [-0.05, 0) is 44.9 Å². The largest absolute Gasteiger partial charge is 0.489 e. The van der Waals surface area contributed by atoms with Crippen molar-refractivity contribution >= 4 is 11.6 Å². The van der Waals surface area contributed by atoms with Crippen LogP contribution in [-0.4, -0.2) is 45.7 Å². The van der Waals surface area contributed by atoms with Gasteiger partial charge in [0.15, 0.2) is 0 Å². The van der Waals surface area contributed by atoms with E-state index in [-0.39, 0.29) is 35.9 Å². The van der Waals surface area contributed by atoms with Gasteiger partial charge in [-0.15, -0.1) is 0 Å². The van der Waals surface area contributed by atoms with E-state index in [0.29, 0.717) is 25.0 Å². The highest BCUT2D eigenvalue weighted by Crippen LogP contribution is 2.52. The lowest BCUT2D eigenvalue weighted by molar-refractivity contribution is -0.125. The molecule has 1 saturated carbocycles. The molecule has 0 spiro atoms. The van der Waals surface area contributed by atoms with Gasteiger partial charge in [0, 0.05) is 30.2 Å². The van der Waals surface area contributed by atoms with Crippen LogP contribution in [0, 0.1) is 5.92 Å². The molecule has 0 saturated heterocycles. The molecule has 4 rings (SSSR count). The first-order valence-electron chi connectivity index (χ1n) is 12.2. The van der Waals surface area contributed by atoms with E-state index >= 15 is 0 Å². The first kappa shape index (κ1) is 25.1. The van der Waals surface area contributed by atoms with E-state index in [1.807, 2.05) is 68.5 Å². The van der Waals surface area contributed by atoms with Crippen LogP contribution in [0.4, 0.5) is 0 Å². The molecule has 0 amide bonds. The van der Waals surface area contributed by atoms with Gasteiger partial charge < -0.3 is 19.7 Å². The molecule has 6 nitrogen and oxygen atoms in total. The molecule has 1 heterocycles. The number of aryl methyl sites for hydroxylation is 1. The monoisotopic (exact) mass is 478 g/mol. The summed E-state index contributed by atoms with van der Waals surface area (Å²) in [6.45, 7) is 5.08. The molecular formula is C29H34O6. The van der Waals surface area contributed by atoms with Crippen LogP contribution in [0.2, 0.25) is 0 Å². The van der Waals surface area contributed by atoms with E-state index in [1.165, 1.54) is 6.92 Å². The SMILES string of the molecule is CC(=O)CC(=O)CCc1cccc2c1O[C@H]1C[C@@H](O)[C@H](C=C[C@@H](O)C(C)(C)Oc3ccccc3)[C@@H]21. The Hall–Kier alpha value is -2.96. The van der Waals surface area contributed by atoms with Crippen LogP contribution in [0.25, 0.3) is 0 Å². The molecule has 0 unspecified atom stereocenters. The van der Waals surface area contributed by atoms with Crippen molar-refractivity contribution in [2.45, 2.75) is 76.3 Å². The molecule has 1 fully saturated rings. The van der Waals surface area contributed by atoms with E-state index in [1.54, 1.807) is 6.08 Å². The summed E-state index contributed by atoms with van der Waals surface area (Å²) in [5, 5.41) is 21.6. The van der Waals surface area contributed by atoms with E-state index in [9.17, 15) is 19.8 Å². The minimum Gasteiger partial charge on any atom is -0.489 e. The molecule has 2 N–H and O–H groups in total. The highest BCUT2D eigenvalue weighted by molar-refractivity contribution is 5.97. The maximum Gasteiger partial charge on any atom is 0.140 e. The van der Waals surface area contributed by atoms with Crippen LogP contribution in [0.15, 0.2) is 60.7 Å². The molecule has 2 aromatic rings. The van der Waals surface area contributed by atoms with Crippen molar-refractivity contribution in [2.75, 3.05) is 0 Å². The van der Waals surface area contributed by atoms with Gasteiger partial charge in [-0.1, -0.05) is 48.6 Å². The Bertz CT molecular complexity index is 1090. The fourth-order valence-corrected chi connectivity index (χ4v) is 5.12. The van der Waals surface area contributed by atoms with Gasteiger partial charge in [0.1, 0.15) is 40.9 Å². The number of aliphatic hydroxyl groups is 2. The Morgan fingerprint density at radius 3 is 2.63 bits per heavy atom. The van der Waals surface area contributed by atoms with Crippen molar-refractivity contribution < 1.29 is 29.3 Å². The Balaban J connectivity index is 1.48. The molecule has 186 valence electrons. The lowest BCUT2D eigenvalue weighted by atomic mass is 9.86. The standard InChI is InChI=1S/C29H34O6/c1-18(30)16-20(31)13-12-19-8-7-11-23-27-22(24(32)17-25(27)34-28(19)23)14-15-26(33)29(2,3)35-21-9-5-4-6-10-21/h4-11,14-15,22,24-27,32-33H,12-13,16-17H2,1-3H3/t22-,24+,25-,26+,27-/m0/s1. The van der Waals surface area contributed by atoms with Crippen LogP contribution in [-0.2, 0) is 16.0 Å². The molecule has 6 heteroatoms. The molecule has 0 radical (unpaired) electrons. The number of benzene rings is 2. The number of carbonyl (C=O) groups is 2. The van der Waals surface area contributed by atoms with Crippen LogP contribution in [0.5, 0.6) is 11.5 Å². The van der Waals surface area contributed by atoms with Crippen molar-refractivity contribution in [1.29, 1.82) is 0 Å². The third kappa shape index (κ3) is 5.65. The minimum absolute atomic E-state index is 0.0329. The third-order valence-electron chi connectivity index (χ3n) is 6.96. The van der Waals surface area contributed by atoms with Gasteiger partial charge in [-0.2, -0.15) is 0 Å². The van der Waals surface area contributed by atoms with Gasteiger partial charge in [-0.3, -0.25) is 9.59 Å². The average Bonchev–Trinajstić information content (AvgIpc) is 3.30. The van der Waals surface area contributed by atoms with E-state index < -0.39 is 17.8 Å². The minimum atomic E-state index is -0.880. The second-order valence-electron chi connectivity index (χ2n) is 10.2. The van der Waals surface area contributed by atoms with Crippen molar-refractivity contribution in [3.05, 3.63) is 71.8 Å². The summed E-state index contributed by atoms with van der Waals surface area (Å²) in [6, 6.07) is 15.3. The summed E-state index contributed by atoms with van der Waals surface area (Å²) in [5.41, 5.74) is 1.11. The number of carbonyl (C=O) groups excluding carboxylic acids is 2. The van der Waals surface area contributed by atoms with Gasteiger partial charge in [-0.25, -0.2) is 0 Å². The Morgan fingerprint density at radius 2 is 1.91 bits per heavy atom. The second kappa shape index (κ2) is 10.3. The Kier molecular flexibility index (Phi) is 7.43. The quantitative estimate of drug-likeness (QED) is 0.393. The van der Waals surface area contributed by atoms with E-state index in [0.717, 1.165) is 16.9 Å². The fraction of sp³-hybridized carbons (Fsp3) is 0.448. The lowest BCUT2D eigenvalue weighted by Gasteiger charge is -2.30. The van der Waals surface area contributed by atoms with Crippen LogP contribution >= 0.6 is 0 Å². The number of rotatable bonds is 10. The topological polar surface area (TPSA) is 93.1 Å². The van der Waals surface area contributed by atoms with Gasteiger partial charge in [0.25, 0.3) is 0 Å². The molecule has 0 aromatic heterocycles. The molecule has 1 aliphatic heterocycles. The summed E-state index contributed by atoms with van der Waals surface area (Å²) in [6.07, 6.45) is 3.25. The number of ether oxygens (including phenoxy) is 2. The lowest BCUT2D eigenvalue weighted by Crippen LogP contribution is -2.41. The first-order chi connectivity index (χ1) is 16.7. The van der Waals surface area contributed by atoms with Crippen LogP contribution in [0.1, 0.15) is 57.1 Å². The van der Waals surface area contributed by atoms with Gasteiger partial charge >= 0.3 is 0 Å². The molecule has 2 aliphatic rings. The zero-order valence-corrected chi connectivity index (χ0v) is 20.5. The fourth-order valence-electron chi connectivity index (χ4n) is 5.12. The molecule has 0 bridgehead atoms. The predicted octanol–water partition coefficient (Wildman–Crippen LogP) is 4.17. The number of hydrogen-bond acceptors (Lipinski definition) is 6. The summed E-state index contributed by atoms with van der Waals surface area (Å²) in [4.78, 5) is 23.2. The molecule has 2 aromatic carbocycles. The number of aliphatic hydroxyl groups excluding tert-OH is 2. The molecule has 35 heavy (non-hydrogen) atoms. The number of para-hydroxylation sites is 2. The normalized spacial score (nSPS) is 24.0. The number of hydrogen-bond donors (Lipinski definition) is 2. The maximum absolute atomic E-state index is 12.0.